The number of hydrogen-bond acceptors (Lipinski definition) is 3. The van der Waals surface area contributed by atoms with E-state index in [4.69, 9.17) is 17.3 Å². The molecule has 0 unspecified atom stereocenters. The largest absolute Gasteiger partial charge is 0.397 e. The van der Waals surface area contributed by atoms with Crippen molar-refractivity contribution in [2.75, 3.05) is 16.6 Å². The standard InChI is InChI=1S/C12H12ClN3/c13-11-7-6-10(8-12(11)14)16-15-9-4-2-1-3-5-9/h1-8,15-16H,14H2. The van der Waals surface area contributed by atoms with Crippen molar-refractivity contribution >= 4 is 28.7 Å². The molecule has 4 heteroatoms. The summed E-state index contributed by atoms with van der Waals surface area (Å²) in [6, 6.07) is 15.2. The summed E-state index contributed by atoms with van der Waals surface area (Å²) < 4.78 is 0. The van der Waals surface area contributed by atoms with Crippen LogP contribution in [0, 0.1) is 0 Å². The van der Waals surface area contributed by atoms with Crippen LogP contribution in [0.3, 0.4) is 0 Å². The summed E-state index contributed by atoms with van der Waals surface area (Å²) in [5, 5.41) is 0.560. The van der Waals surface area contributed by atoms with E-state index in [1.165, 1.54) is 0 Å². The molecule has 2 aromatic rings. The maximum absolute atomic E-state index is 5.82. The average Bonchev–Trinajstić information content (AvgIpc) is 2.32. The molecule has 2 aromatic carbocycles. The number of nitrogen functional groups attached to an aromatic ring is 1. The number of halogens is 1. The maximum Gasteiger partial charge on any atom is 0.0636 e. The smallest absolute Gasteiger partial charge is 0.0636 e. The van der Waals surface area contributed by atoms with E-state index < -0.39 is 0 Å². The molecule has 0 radical (unpaired) electrons. The fourth-order valence-electron chi connectivity index (χ4n) is 1.29. The lowest BCUT2D eigenvalue weighted by molar-refractivity contribution is 1.41. The Labute approximate surface area is 99.2 Å². The van der Waals surface area contributed by atoms with Crippen LogP contribution in [0.2, 0.25) is 5.02 Å². The first-order chi connectivity index (χ1) is 7.75. The Morgan fingerprint density at radius 3 is 2.25 bits per heavy atom. The highest BCUT2D eigenvalue weighted by Crippen LogP contribution is 2.22. The molecule has 0 amide bonds. The molecule has 0 saturated heterocycles. The van der Waals surface area contributed by atoms with Gasteiger partial charge in [0, 0.05) is 0 Å². The highest BCUT2D eigenvalue weighted by molar-refractivity contribution is 6.33. The van der Waals surface area contributed by atoms with Gasteiger partial charge < -0.3 is 16.6 Å². The Balaban J connectivity index is 2.03. The lowest BCUT2D eigenvalue weighted by atomic mass is 10.3. The number of hydrogen-bond donors (Lipinski definition) is 3. The molecule has 16 heavy (non-hydrogen) atoms. The van der Waals surface area contributed by atoms with Crippen molar-refractivity contribution in [3.63, 3.8) is 0 Å². The molecule has 0 spiro atoms. The zero-order chi connectivity index (χ0) is 11.4. The van der Waals surface area contributed by atoms with Crippen LogP contribution in [-0.4, -0.2) is 0 Å². The quantitative estimate of drug-likeness (QED) is 0.563. The molecule has 4 N–H and O–H groups in total. The van der Waals surface area contributed by atoms with Crippen molar-refractivity contribution in [3.05, 3.63) is 53.6 Å². The highest BCUT2D eigenvalue weighted by Gasteiger charge is 1.97. The van der Waals surface area contributed by atoms with Crippen molar-refractivity contribution in [2.24, 2.45) is 0 Å². The van der Waals surface area contributed by atoms with Gasteiger partial charge >= 0.3 is 0 Å². The van der Waals surface area contributed by atoms with Gasteiger partial charge in [-0.05, 0) is 30.3 Å². The van der Waals surface area contributed by atoms with Crippen LogP contribution in [0.1, 0.15) is 0 Å². The molecule has 0 atom stereocenters. The Morgan fingerprint density at radius 1 is 0.875 bits per heavy atom. The predicted octanol–water partition coefficient (Wildman–Crippen LogP) is 3.36. The molecule has 0 aliphatic rings. The topological polar surface area (TPSA) is 50.1 Å². The number of anilines is 3. The van der Waals surface area contributed by atoms with Gasteiger partial charge in [-0.15, -0.1) is 0 Å². The van der Waals surface area contributed by atoms with Gasteiger partial charge in [0.05, 0.1) is 22.1 Å². The second-order valence-corrected chi connectivity index (χ2v) is 3.76. The van der Waals surface area contributed by atoms with Gasteiger partial charge in [-0.2, -0.15) is 0 Å². The molecule has 0 fully saturated rings. The number of rotatable bonds is 3. The molecule has 82 valence electrons. The third-order valence-corrected chi connectivity index (χ3v) is 2.47. The van der Waals surface area contributed by atoms with E-state index in [1.807, 2.05) is 36.4 Å². The molecule has 0 aliphatic heterocycles. The van der Waals surface area contributed by atoms with Crippen LogP contribution in [0.5, 0.6) is 0 Å². The third-order valence-electron chi connectivity index (χ3n) is 2.12. The monoisotopic (exact) mass is 233 g/mol. The molecule has 0 bridgehead atoms. The van der Waals surface area contributed by atoms with Gasteiger partial charge in [0.15, 0.2) is 0 Å². The van der Waals surface area contributed by atoms with Crippen molar-refractivity contribution in [1.82, 2.24) is 0 Å². The summed E-state index contributed by atoms with van der Waals surface area (Å²) in [5.41, 5.74) is 14.2. The van der Waals surface area contributed by atoms with E-state index in [0.717, 1.165) is 11.4 Å². The molecular formula is C12H12ClN3. The molecule has 0 heterocycles. The fourth-order valence-corrected chi connectivity index (χ4v) is 1.40. The Kier molecular flexibility index (Phi) is 3.17. The summed E-state index contributed by atoms with van der Waals surface area (Å²) >= 11 is 5.82. The van der Waals surface area contributed by atoms with Crippen molar-refractivity contribution < 1.29 is 0 Å². The molecule has 3 nitrogen and oxygen atoms in total. The Bertz CT molecular complexity index is 471. The van der Waals surface area contributed by atoms with Crippen LogP contribution >= 0.6 is 11.6 Å². The number of hydrazine groups is 1. The number of nitrogens with two attached hydrogens (primary N) is 1. The molecule has 2 rings (SSSR count). The van der Waals surface area contributed by atoms with Gasteiger partial charge in [-0.3, -0.25) is 0 Å². The zero-order valence-corrected chi connectivity index (χ0v) is 9.33. The Hall–Kier alpha value is -1.87. The van der Waals surface area contributed by atoms with Gasteiger partial charge in [0.25, 0.3) is 0 Å². The average molecular weight is 234 g/mol. The first-order valence-corrected chi connectivity index (χ1v) is 5.25. The van der Waals surface area contributed by atoms with E-state index in [-0.39, 0.29) is 0 Å². The van der Waals surface area contributed by atoms with Crippen LogP contribution in [0.25, 0.3) is 0 Å². The van der Waals surface area contributed by atoms with Crippen LogP contribution in [0.4, 0.5) is 17.1 Å². The van der Waals surface area contributed by atoms with Crippen molar-refractivity contribution in [1.29, 1.82) is 0 Å². The van der Waals surface area contributed by atoms with Crippen molar-refractivity contribution in [2.45, 2.75) is 0 Å². The minimum atomic E-state index is 0.557. The van der Waals surface area contributed by atoms with Crippen LogP contribution in [0.15, 0.2) is 48.5 Å². The van der Waals surface area contributed by atoms with Gasteiger partial charge in [0.2, 0.25) is 0 Å². The summed E-state index contributed by atoms with van der Waals surface area (Å²) in [6.45, 7) is 0. The summed E-state index contributed by atoms with van der Waals surface area (Å²) in [6.07, 6.45) is 0. The second-order valence-electron chi connectivity index (χ2n) is 3.35. The zero-order valence-electron chi connectivity index (χ0n) is 8.57. The number of benzene rings is 2. The molecule has 0 aliphatic carbocycles. The van der Waals surface area contributed by atoms with E-state index in [0.29, 0.717) is 10.7 Å². The van der Waals surface area contributed by atoms with E-state index in [2.05, 4.69) is 10.9 Å². The van der Waals surface area contributed by atoms with Crippen LogP contribution < -0.4 is 16.6 Å². The summed E-state index contributed by atoms with van der Waals surface area (Å²) in [5.74, 6) is 0. The van der Waals surface area contributed by atoms with Gasteiger partial charge in [-0.25, -0.2) is 0 Å². The normalized spacial score (nSPS) is 9.81. The highest BCUT2D eigenvalue weighted by atomic mass is 35.5. The number of para-hydroxylation sites is 1. The summed E-state index contributed by atoms with van der Waals surface area (Å²) in [7, 11) is 0. The van der Waals surface area contributed by atoms with E-state index >= 15 is 0 Å². The molecular weight excluding hydrogens is 222 g/mol. The van der Waals surface area contributed by atoms with Gasteiger partial charge in [-0.1, -0.05) is 29.8 Å². The minimum Gasteiger partial charge on any atom is -0.397 e. The summed E-state index contributed by atoms with van der Waals surface area (Å²) in [4.78, 5) is 0. The molecule has 0 aromatic heterocycles. The minimum absolute atomic E-state index is 0.557. The van der Waals surface area contributed by atoms with Gasteiger partial charge in [0.1, 0.15) is 0 Å². The Morgan fingerprint density at radius 2 is 1.56 bits per heavy atom. The third kappa shape index (κ3) is 2.58. The predicted molar refractivity (Wildman–Crippen MR) is 69.6 cm³/mol. The maximum atomic E-state index is 5.82. The van der Waals surface area contributed by atoms with Crippen LogP contribution in [-0.2, 0) is 0 Å². The SMILES string of the molecule is Nc1cc(NNc2ccccc2)ccc1Cl. The second kappa shape index (κ2) is 4.77. The van der Waals surface area contributed by atoms with Crippen molar-refractivity contribution in [3.8, 4) is 0 Å². The molecule has 0 saturated carbocycles. The first kappa shape index (κ1) is 10.6. The lowest BCUT2D eigenvalue weighted by Gasteiger charge is -2.10. The van der Waals surface area contributed by atoms with E-state index in [1.54, 1.807) is 12.1 Å². The first-order valence-electron chi connectivity index (χ1n) is 4.88. The fraction of sp³-hybridized carbons (Fsp3) is 0. The lowest BCUT2D eigenvalue weighted by Crippen LogP contribution is -2.08. The number of nitrogens with one attached hydrogen (secondary N) is 2. The van der Waals surface area contributed by atoms with E-state index in [9.17, 15) is 0 Å².